The van der Waals surface area contributed by atoms with Gasteiger partial charge in [-0.3, -0.25) is 58.2 Å². The molecule has 0 bridgehead atoms. The highest BCUT2D eigenvalue weighted by Gasteiger charge is 2.48. The van der Waals surface area contributed by atoms with Gasteiger partial charge in [0.1, 0.15) is 15.1 Å². The average Bonchev–Trinajstić information content (AvgIpc) is 1.60. The van der Waals surface area contributed by atoms with Crippen molar-refractivity contribution in [2.45, 2.75) is 112 Å². The third-order valence-electron chi connectivity index (χ3n) is 28.1. The molecule has 0 radical (unpaired) electrons. The molecule has 6 atom stereocenters. The van der Waals surface area contributed by atoms with Crippen LogP contribution in [0, 0.1) is 6.92 Å². The lowest BCUT2D eigenvalue weighted by Crippen LogP contribution is -2.47. The number of nitrogens with one attached hydrogen (secondary N) is 3. The number of aryl methyl sites for hydroxylation is 2. The highest BCUT2D eigenvalue weighted by molar-refractivity contribution is 7.90. The molecule has 0 spiro atoms. The maximum absolute atomic E-state index is 14.4. The molecule has 2 aromatic heterocycles. The van der Waals surface area contributed by atoms with E-state index >= 15 is 0 Å². The van der Waals surface area contributed by atoms with Gasteiger partial charge in [0.15, 0.2) is 39.5 Å². The van der Waals surface area contributed by atoms with Crippen molar-refractivity contribution >= 4 is 117 Å². The molecule has 146 heavy (non-hydrogen) atoms. The number of hydrogen-bond acceptors (Lipinski definition) is 26. The molecule has 3 saturated heterocycles. The van der Waals surface area contributed by atoms with Crippen LogP contribution in [0.25, 0.3) is 0 Å². The van der Waals surface area contributed by atoms with Crippen LogP contribution in [0.3, 0.4) is 0 Å². The van der Waals surface area contributed by atoms with E-state index in [1.54, 1.807) is 86.3 Å². The second-order valence-electron chi connectivity index (χ2n) is 36.6. The smallest absolute Gasteiger partial charge is 0.278 e. The molecule has 17 rings (SSSR count). The van der Waals surface area contributed by atoms with Crippen LogP contribution in [-0.2, 0) is 37.3 Å². The van der Waals surface area contributed by atoms with Crippen molar-refractivity contribution in [1.29, 1.82) is 0 Å². The number of amides is 6. The number of thiophene rings is 1. The third kappa shape index (κ3) is 23.6. The first-order chi connectivity index (χ1) is 70.1. The van der Waals surface area contributed by atoms with Gasteiger partial charge in [-0.25, -0.2) is 36.0 Å². The number of benzene rings is 9. The van der Waals surface area contributed by atoms with Crippen molar-refractivity contribution in [1.82, 2.24) is 57.4 Å². The number of carbonyl (C=O) groups excluding carboxylic acids is 6. The quantitative estimate of drug-likeness (QED) is 0.0238. The first-order valence-corrected chi connectivity index (χ1v) is 54.5. The average molecular weight is 2110 g/mol. The Labute approximate surface area is 868 Å². The minimum absolute atomic E-state index is 0.0377. The van der Waals surface area contributed by atoms with Crippen LogP contribution in [0.2, 0.25) is 8.67 Å². The van der Waals surface area contributed by atoms with Crippen LogP contribution >= 0.6 is 34.5 Å². The molecular formula is C107H125Cl2N15O18S4. The minimum Gasteiger partial charge on any atom is -0.493 e. The van der Waals surface area contributed by atoms with Crippen molar-refractivity contribution in [2.75, 3.05) is 170 Å². The number of piperazine rings is 3. The molecule has 6 aliphatic heterocycles. The highest BCUT2D eigenvalue weighted by atomic mass is 35.5. The molecule has 9 aromatic carbocycles. The maximum atomic E-state index is 14.4. The van der Waals surface area contributed by atoms with Gasteiger partial charge in [-0.1, -0.05) is 151 Å². The third-order valence-corrected chi connectivity index (χ3v) is 34.2. The molecule has 8 heterocycles. The Bertz CT molecular complexity index is 6890. The lowest BCUT2D eigenvalue weighted by Gasteiger charge is -2.39. The number of methoxy groups -OCH3 is 6. The van der Waals surface area contributed by atoms with Crippen molar-refractivity contribution in [3.05, 3.63) is 294 Å². The lowest BCUT2D eigenvalue weighted by molar-refractivity contribution is 0.0557. The van der Waals surface area contributed by atoms with Crippen molar-refractivity contribution in [3.8, 4) is 34.5 Å². The molecule has 774 valence electrons. The number of hydrogen-bond donors (Lipinski definition) is 3. The zero-order valence-electron chi connectivity index (χ0n) is 84.1. The molecule has 0 aliphatic carbocycles. The van der Waals surface area contributed by atoms with Crippen molar-refractivity contribution in [3.63, 3.8) is 0 Å². The van der Waals surface area contributed by atoms with Crippen molar-refractivity contribution < 1.29 is 82.4 Å². The summed E-state index contributed by atoms with van der Waals surface area (Å²) in [7, 11) is 2.43. The summed E-state index contributed by atoms with van der Waals surface area (Å²) in [6.07, 6.45) is 3.39. The van der Waals surface area contributed by atoms with Crippen LogP contribution in [0.15, 0.2) is 222 Å². The normalized spacial score (nSPS) is 16.6. The summed E-state index contributed by atoms with van der Waals surface area (Å²) in [6, 6.07) is 63.5. The molecule has 11 aromatic rings. The molecule has 33 nitrogen and oxygen atoms in total. The van der Waals surface area contributed by atoms with E-state index in [4.69, 9.17) is 51.6 Å². The Kier molecular flexibility index (Phi) is 35.2. The Morgan fingerprint density at radius 1 is 0.377 bits per heavy atom. The van der Waals surface area contributed by atoms with Crippen LogP contribution in [-0.4, -0.2) is 259 Å². The van der Waals surface area contributed by atoms with E-state index in [1.807, 2.05) is 66.7 Å². The molecular weight excluding hydrogens is 1980 g/mol. The Morgan fingerprint density at radius 3 is 0.966 bits per heavy atom. The summed E-state index contributed by atoms with van der Waals surface area (Å²) in [5, 5.41) is -0.0582. The van der Waals surface area contributed by atoms with Gasteiger partial charge in [-0.2, -0.15) is 12.7 Å². The fraction of sp³-hybridized carbons (Fsp3) is 0.374. The number of halogens is 2. The molecule has 0 saturated carbocycles. The van der Waals surface area contributed by atoms with E-state index in [1.165, 1.54) is 93.3 Å². The summed E-state index contributed by atoms with van der Waals surface area (Å²) >= 11 is 13.1. The van der Waals surface area contributed by atoms with Gasteiger partial charge >= 0.3 is 0 Å². The number of rotatable bonds is 39. The van der Waals surface area contributed by atoms with Gasteiger partial charge in [0, 0.05) is 144 Å². The summed E-state index contributed by atoms with van der Waals surface area (Å²) in [5.74, 6) is 1.22. The number of imidazole rings is 1. The van der Waals surface area contributed by atoms with Gasteiger partial charge in [-0.05, 0) is 178 Å². The van der Waals surface area contributed by atoms with E-state index in [2.05, 4.69) is 142 Å². The number of aromatic nitrogens is 2. The van der Waals surface area contributed by atoms with E-state index < -0.39 is 54.3 Å². The fourth-order valence-electron chi connectivity index (χ4n) is 19.8. The van der Waals surface area contributed by atoms with Gasteiger partial charge in [0.25, 0.3) is 55.7 Å². The number of fused-ring (bicyclic) bond motifs is 3. The first kappa shape index (κ1) is 108. The van der Waals surface area contributed by atoms with Gasteiger partial charge in [0.05, 0.1) is 116 Å². The van der Waals surface area contributed by atoms with E-state index in [0.29, 0.717) is 149 Å². The van der Waals surface area contributed by atoms with Gasteiger partial charge < -0.3 is 47.7 Å². The molecule has 6 aliphatic rings. The Morgan fingerprint density at radius 2 is 0.685 bits per heavy atom. The highest BCUT2D eigenvalue weighted by Crippen LogP contribution is 2.47. The van der Waals surface area contributed by atoms with Gasteiger partial charge in [-0.15, -0.1) is 11.3 Å². The Balaban J connectivity index is 0.000000165. The van der Waals surface area contributed by atoms with E-state index in [-0.39, 0.29) is 92.3 Å². The summed E-state index contributed by atoms with van der Waals surface area (Å²) in [4.78, 5) is 107. The molecule has 3 N–H and O–H groups in total. The maximum Gasteiger partial charge on any atom is 0.278 e. The zero-order valence-corrected chi connectivity index (χ0v) is 88.9. The van der Waals surface area contributed by atoms with E-state index in [9.17, 15) is 54.0 Å². The summed E-state index contributed by atoms with van der Waals surface area (Å²) < 4.78 is 120. The summed E-state index contributed by atoms with van der Waals surface area (Å²) in [5.41, 5.74) is 10.3. The summed E-state index contributed by atoms with van der Waals surface area (Å²) in [6.45, 7) is 17.8. The first-order valence-electron chi connectivity index (χ1n) is 48.6. The van der Waals surface area contributed by atoms with Crippen LogP contribution < -0.4 is 57.3 Å². The molecule has 3 unspecified atom stereocenters. The topological polar surface area (TPSA) is 347 Å². The number of anilines is 3. The number of imide groups is 3. The van der Waals surface area contributed by atoms with E-state index in [0.717, 1.165) is 85.1 Å². The zero-order chi connectivity index (χ0) is 104. The number of carbonyl (C=O) groups is 6. The van der Waals surface area contributed by atoms with Crippen LogP contribution in [0.4, 0.5) is 17.1 Å². The molecule has 6 amide bonds. The monoisotopic (exact) mass is 2110 g/mol. The largest absolute Gasteiger partial charge is 0.493 e. The van der Waals surface area contributed by atoms with Gasteiger partial charge in [0.2, 0.25) is 10.0 Å². The minimum atomic E-state index is -3.93. The number of ether oxygens (including phenoxy) is 6. The second-order valence-corrected chi connectivity index (χ2v) is 44.3. The molecule has 39 heteroatoms. The van der Waals surface area contributed by atoms with Crippen molar-refractivity contribution in [2.24, 2.45) is 7.05 Å². The van der Waals surface area contributed by atoms with Crippen LogP contribution in [0.1, 0.15) is 197 Å². The lowest BCUT2D eigenvalue weighted by atomic mass is 9.99. The number of nitrogens with zero attached hydrogens (tertiary/aromatic N) is 12. The predicted molar refractivity (Wildman–Crippen MR) is 565 cm³/mol. The standard InChI is InChI=1S/C37H44N6O6S.C36H38Cl2N4O6S2.C34H43N5O6S/c1-25(27-11-7-6-8-12-27)41-19-21-42(22-20-41)31-14-9-13-29-35(31)37(45)43(36(29)44)30(28-16-17-32(48-4)33(23-28)49-5)15-10-18-38-50(46,47)34-24-40(3)26(2)39-34;1-23(24-9-5-4-6-10-24)40-17-19-41(20-18-40)28-12-7-11-26-33(28)36(44)42(35(26)43)27(25-14-15-29(47-2)30(21-25)48-3)13-8-16-39-50(45,46)31-22-32(37)49-34(31)38;1-24(25-11-7-6-8-12-25)37-19-21-38(22-20-37)29-14-9-13-27-32(29)34(41)39(33(27)40)28(15-10-18-35-46(42,43)36(2)3)26-16-17-30(44-4)31(23-26)45-5/h6-9,11-14,16-17,23-25,30,38H,10,15,18-22H2,1-5H3;4-7,9-12,14-15,21-23,27,39H,8,13,16-20H2,1-3H3;6-9,11-14,16-17,23-24,28,35H,10,15,18-22H2,1-5H3/t25-,30?;23-,27?;24-,28?/m111/s1. The Hall–Kier alpha value is -12.3. The SMILES string of the molecule is COc1ccc(C(CCCNS(=O)(=O)N(C)C)N2C(=O)c3cccc(N4CCN([C@H](C)c5ccccc5)CC4)c3C2=O)cc1OC.COc1ccc(C(CCCNS(=O)(=O)c2cc(Cl)sc2Cl)N2C(=O)c3cccc(N4CCN([C@H](C)c5ccccc5)CC4)c3C2=O)cc1OC.COc1ccc(C(CCCNS(=O)(=O)c2cn(C)c(C)n2)N2C(=O)c3cccc(N4CCN([C@H](C)c5ccccc5)CC4)c3C2=O)cc1OC. The number of sulfonamides is 2. The fourth-order valence-corrected chi connectivity index (χ4v) is 24.8. The predicted octanol–water partition coefficient (Wildman–Crippen LogP) is 15.9. The second kappa shape index (κ2) is 47.7. The van der Waals surface area contributed by atoms with Crippen LogP contribution in [0.5, 0.6) is 34.5 Å². The molecule has 3 fully saturated rings.